The van der Waals surface area contributed by atoms with Crippen LogP contribution in [-0.2, 0) is 4.79 Å². The van der Waals surface area contributed by atoms with Gasteiger partial charge in [-0.3, -0.25) is 4.79 Å². The van der Waals surface area contributed by atoms with E-state index in [1.807, 2.05) is 0 Å². The van der Waals surface area contributed by atoms with Gasteiger partial charge in [-0.05, 0) is 6.92 Å². The van der Waals surface area contributed by atoms with Crippen LogP contribution < -0.4 is 10.6 Å². The van der Waals surface area contributed by atoms with E-state index in [1.165, 1.54) is 0 Å². The predicted molar refractivity (Wildman–Crippen MR) is 47.8 cm³/mol. The van der Waals surface area contributed by atoms with E-state index in [4.69, 9.17) is 5.11 Å². The molecule has 1 amide bonds. The summed E-state index contributed by atoms with van der Waals surface area (Å²) < 4.78 is 0. The van der Waals surface area contributed by atoms with Gasteiger partial charge < -0.3 is 15.7 Å². The first-order chi connectivity index (χ1) is 5.70. The largest absolute Gasteiger partial charge is 0.394 e. The van der Waals surface area contributed by atoms with Gasteiger partial charge in [0.05, 0.1) is 13.2 Å². The van der Waals surface area contributed by atoms with Crippen LogP contribution in [0.5, 0.6) is 0 Å². The number of amides is 1. The van der Waals surface area contributed by atoms with Crippen LogP contribution in [0.25, 0.3) is 0 Å². The Morgan fingerprint density at radius 3 is 2.92 bits per heavy atom. The monoisotopic (exact) mass is 172 g/mol. The molecule has 0 saturated heterocycles. The normalized spacial score (nSPS) is 12.2. The maximum atomic E-state index is 11.0. The summed E-state index contributed by atoms with van der Waals surface area (Å²) in [5.74, 6) is -0.113. The average molecular weight is 172 g/mol. The van der Waals surface area contributed by atoms with Crippen molar-refractivity contribution in [2.45, 2.75) is 13.0 Å². The van der Waals surface area contributed by atoms with Gasteiger partial charge in [0.2, 0.25) is 5.91 Å². The summed E-state index contributed by atoms with van der Waals surface area (Å²) in [4.78, 5) is 11.0. The maximum Gasteiger partial charge on any atom is 0.234 e. The Morgan fingerprint density at radius 2 is 2.42 bits per heavy atom. The van der Waals surface area contributed by atoms with Crippen LogP contribution in [0, 0.1) is 0 Å². The van der Waals surface area contributed by atoms with Gasteiger partial charge in [0.25, 0.3) is 0 Å². The molecule has 12 heavy (non-hydrogen) atoms. The Hall–Kier alpha value is -0.870. The van der Waals surface area contributed by atoms with Crippen molar-refractivity contribution in [1.82, 2.24) is 10.6 Å². The topological polar surface area (TPSA) is 61.4 Å². The van der Waals surface area contributed by atoms with Gasteiger partial charge in [-0.25, -0.2) is 0 Å². The van der Waals surface area contributed by atoms with E-state index in [2.05, 4.69) is 17.2 Å². The van der Waals surface area contributed by atoms with Crippen LogP contribution >= 0.6 is 0 Å². The summed E-state index contributed by atoms with van der Waals surface area (Å²) >= 11 is 0. The third-order valence-corrected chi connectivity index (χ3v) is 1.26. The predicted octanol–water partition coefficient (Wildman–Crippen LogP) is -0.741. The highest BCUT2D eigenvalue weighted by Crippen LogP contribution is 1.76. The molecule has 0 aromatic carbocycles. The van der Waals surface area contributed by atoms with Crippen molar-refractivity contribution < 1.29 is 9.90 Å². The molecule has 0 fully saturated rings. The van der Waals surface area contributed by atoms with Crippen molar-refractivity contribution in [1.29, 1.82) is 0 Å². The second-order valence-electron chi connectivity index (χ2n) is 2.57. The Balaban J connectivity index is 3.39. The molecule has 70 valence electrons. The molecule has 0 aliphatic heterocycles. The molecule has 1 atom stereocenters. The minimum atomic E-state index is -0.178. The lowest BCUT2D eigenvalue weighted by molar-refractivity contribution is -0.121. The quantitative estimate of drug-likeness (QED) is 0.365. The second-order valence-corrected chi connectivity index (χ2v) is 2.57. The molecule has 0 aromatic heterocycles. The highest BCUT2D eigenvalue weighted by atomic mass is 16.3. The van der Waals surface area contributed by atoms with Crippen LogP contribution in [0.4, 0.5) is 0 Å². The van der Waals surface area contributed by atoms with Crippen LogP contribution in [0.2, 0.25) is 0 Å². The molecule has 1 unspecified atom stereocenters. The first-order valence-corrected chi connectivity index (χ1v) is 3.92. The molecule has 4 nitrogen and oxygen atoms in total. The number of nitrogens with one attached hydrogen (secondary N) is 2. The molecule has 0 bridgehead atoms. The average Bonchev–Trinajstić information content (AvgIpc) is 2.05. The van der Waals surface area contributed by atoms with E-state index in [9.17, 15) is 4.79 Å². The van der Waals surface area contributed by atoms with Crippen LogP contribution in [0.3, 0.4) is 0 Å². The molecular weight excluding hydrogens is 156 g/mol. The Morgan fingerprint density at radius 1 is 1.75 bits per heavy atom. The molecule has 3 N–H and O–H groups in total. The molecule has 0 spiro atoms. The summed E-state index contributed by atoms with van der Waals surface area (Å²) in [6.45, 7) is 6.08. The number of rotatable bonds is 6. The smallest absolute Gasteiger partial charge is 0.234 e. The fourth-order valence-electron chi connectivity index (χ4n) is 0.659. The summed E-state index contributed by atoms with van der Waals surface area (Å²) in [5.41, 5.74) is 0. The second kappa shape index (κ2) is 6.82. The molecule has 0 radical (unpaired) electrons. The van der Waals surface area contributed by atoms with Gasteiger partial charge in [0, 0.05) is 12.6 Å². The number of hydrogen-bond acceptors (Lipinski definition) is 3. The Bertz CT molecular complexity index is 148. The van der Waals surface area contributed by atoms with Crippen LogP contribution in [0.15, 0.2) is 12.7 Å². The van der Waals surface area contributed by atoms with E-state index >= 15 is 0 Å². The fraction of sp³-hybridized carbons (Fsp3) is 0.625. The van der Waals surface area contributed by atoms with Crippen molar-refractivity contribution in [2.75, 3.05) is 19.7 Å². The molecule has 0 rings (SSSR count). The van der Waals surface area contributed by atoms with Crippen molar-refractivity contribution in [3.05, 3.63) is 12.7 Å². The minimum absolute atomic E-state index is 0.0345. The highest BCUT2D eigenvalue weighted by molar-refractivity contribution is 5.78. The molecule has 4 heteroatoms. The molecule has 0 saturated carbocycles. The number of carbonyl (C=O) groups is 1. The highest BCUT2D eigenvalue weighted by Gasteiger charge is 2.03. The Labute approximate surface area is 72.7 Å². The summed E-state index contributed by atoms with van der Waals surface area (Å²) in [7, 11) is 0. The Kier molecular flexibility index (Phi) is 6.32. The zero-order valence-corrected chi connectivity index (χ0v) is 7.34. The molecule has 0 aliphatic rings. The van der Waals surface area contributed by atoms with Crippen LogP contribution in [-0.4, -0.2) is 36.8 Å². The lowest BCUT2D eigenvalue weighted by Gasteiger charge is -2.10. The summed E-state index contributed by atoms with van der Waals surface area (Å²) in [6, 6.07) is -0.178. The first kappa shape index (κ1) is 11.1. The van der Waals surface area contributed by atoms with Gasteiger partial charge in [0.15, 0.2) is 0 Å². The summed E-state index contributed by atoms with van der Waals surface area (Å²) in [5, 5.41) is 14.1. The molecule has 0 aromatic rings. The lowest BCUT2D eigenvalue weighted by Crippen LogP contribution is -2.40. The van der Waals surface area contributed by atoms with Gasteiger partial charge in [0.1, 0.15) is 0 Å². The van der Waals surface area contributed by atoms with E-state index in [0.29, 0.717) is 6.54 Å². The standard InChI is InChI=1S/C8H16N2O2/c1-3-4-9-5-8(12)10-7(2)6-11/h3,7,9,11H,1,4-6H2,2H3,(H,10,12). The fourth-order valence-corrected chi connectivity index (χ4v) is 0.659. The van der Waals surface area contributed by atoms with E-state index in [-0.39, 0.29) is 25.1 Å². The van der Waals surface area contributed by atoms with Gasteiger partial charge in [-0.1, -0.05) is 6.08 Å². The van der Waals surface area contributed by atoms with Crippen molar-refractivity contribution in [2.24, 2.45) is 0 Å². The number of aliphatic hydroxyl groups excluding tert-OH is 1. The lowest BCUT2D eigenvalue weighted by atomic mass is 10.3. The zero-order chi connectivity index (χ0) is 9.40. The first-order valence-electron chi connectivity index (χ1n) is 3.92. The van der Waals surface area contributed by atoms with Crippen molar-refractivity contribution >= 4 is 5.91 Å². The SMILES string of the molecule is C=CCNCC(=O)NC(C)CO. The summed E-state index contributed by atoms with van der Waals surface area (Å²) in [6.07, 6.45) is 1.68. The van der Waals surface area contributed by atoms with Crippen LogP contribution in [0.1, 0.15) is 6.92 Å². The molecule has 0 aliphatic carbocycles. The number of aliphatic hydroxyl groups is 1. The van der Waals surface area contributed by atoms with E-state index < -0.39 is 0 Å². The molecular formula is C8H16N2O2. The van der Waals surface area contributed by atoms with Crippen molar-refractivity contribution in [3.63, 3.8) is 0 Å². The van der Waals surface area contributed by atoms with Gasteiger partial charge >= 0.3 is 0 Å². The molecule has 0 heterocycles. The third-order valence-electron chi connectivity index (χ3n) is 1.26. The third kappa shape index (κ3) is 5.88. The minimum Gasteiger partial charge on any atom is -0.394 e. The maximum absolute atomic E-state index is 11.0. The van der Waals surface area contributed by atoms with Gasteiger partial charge in [-0.2, -0.15) is 0 Å². The number of hydrogen-bond donors (Lipinski definition) is 3. The van der Waals surface area contributed by atoms with E-state index in [1.54, 1.807) is 13.0 Å². The van der Waals surface area contributed by atoms with Gasteiger partial charge in [-0.15, -0.1) is 6.58 Å². The van der Waals surface area contributed by atoms with Crippen molar-refractivity contribution in [3.8, 4) is 0 Å². The number of carbonyl (C=O) groups excluding carboxylic acids is 1. The van der Waals surface area contributed by atoms with E-state index in [0.717, 1.165) is 0 Å². The zero-order valence-electron chi connectivity index (χ0n) is 7.34.